The topological polar surface area (TPSA) is 76.7 Å². The predicted octanol–water partition coefficient (Wildman–Crippen LogP) is 1.78. The summed E-state index contributed by atoms with van der Waals surface area (Å²) in [6.45, 7) is 0. The van der Waals surface area contributed by atoms with E-state index in [-0.39, 0.29) is 0 Å². The number of hydrogen-bond acceptors (Lipinski definition) is 4. The summed E-state index contributed by atoms with van der Waals surface area (Å²) in [5.74, 6) is 0.193. The van der Waals surface area contributed by atoms with E-state index in [1.165, 1.54) is 7.11 Å². The number of rotatable bonds is 4. The fourth-order valence-electron chi connectivity index (χ4n) is 1.83. The minimum atomic E-state index is -0.459. The van der Waals surface area contributed by atoms with Gasteiger partial charge in [-0.2, -0.15) is 0 Å². The zero-order valence-corrected chi connectivity index (χ0v) is 12.3. The fraction of sp³-hybridized carbons (Fsp3) is 0.125. The van der Waals surface area contributed by atoms with Crippen LogP contribution in [-0.4, -0.2) is 26.0 Å². The largest absolute Gasteiger partial charge is 0.497 e. The molecule has 0 aromatic heterocycles. The minimum absolute atomic E-state index is 0.333. The van der Waals surface area contributed by atoms with Gasteiger partial charge in [-0.1, -0.05) is 12.1 Å². The Balaban J connectivity index is 1.99. The van der Waals surface area contributed by atoms with Crippen molar-refractivity contribution in [3.05, 3.63) is 59.7 Å². The number of para-hydroxylation sites is 1. The van der Waals surface area contributed by atoms with Crippen LogP contribution in [0.3, 0.4) is 0 Å². The lowest BCUT2D eigenvalue weighted by molar-refractivity contribution is 0.0845. The fourth-order valence-corrected chi connectivity index (χ4v) is 1.83. The molecule has 0 bridgehead atoms. The molecule has 6 nitrogen and oxygen atoms in total. The second-order valence-corrected chi connectivity index (χ2v) is 4.34. The van der Waals surface area contributed by atoms with Crippen LogP contribution in [0.15, 0.2) is 48.5 Å². The number of carbonyl (C=O) groups excluding carboxylic acids is 2. The smallest absolute Gasteiger partial charge is 0.273 e. The Kier molecular flexibility index (Phi) is 4.98. The van der Waals surface area contributed by atoms with Gasteiger partial charge in [-0.05, 0) is 36.4 Å². The lowest BCUT2D eigenvalue weighted by Crippen LogP contribution is -2.41. The van der Waals surface area contributed by atoms with E-state index in [2.05, 4.69) is 10.9 Å². The third-order valence-electron chi connectivity index (χ3n) is 2.99. The molecular formula is C16H16N2O4. The maximum absolute atomic E-state index is 12.0. The first-order valence-corrected chi connectivity index (χ1v) is 6.53. The molecule has 0 spiro atoms. The summed E-state index contributed by atoms with van der Waals surface area (Å²) in [6, 6.07) is 13.3. The number of methoxy groups -OCH3 is 2. The van der Waals surface area contributed by atoms with Gasteiger partial charge < -0.3 is 9.47 Å². The van der Waals surface area contributed by atoms with Crippen LogP contribution in [0, 0.1) is 0 Å². The monoisotopic (exact) mass is 300 g/mol. The van der Waals surface area contributed by atoms with Crippen LogP contribution >= 0.6 is 0 Å². The molecule has 0 fully saturated rings. The maximum Gasteiger partial charge on any atom is 0.273 e. The highest BCUT2D eigenvalue weighted by Gasteiger charge is 2.12. The molecule has 0 radical (unpaired) electrons. The van der Waals surface area contributed by atoms with E-state index < -0.39 is 11.8 Å². The number of hydrogen-bond donors (Lipinski definition) is 2. The van der Waals surface area contributed by atoms with Gasteiger partial charge in [0.1, 0.15) is 11.5 Å². The van der Waals surface area contributed by atoms with Gasteiger partial charge in [0, 0.05) is 5.56 Å². The summed E-state index contributed by atoms with van der Waals surface area (Å²) >= 11 is 0. The Morgan fingerprint density at radius 1 is 0.818 bits per heavy atom. The molecule has 0 saturated heterocycles. The predicted molar refractivity (Wildman–Crippen MR) is 80.9 cm³/mol. The SMILES string of the molecule is COc1ccc(C(=O)NNC(=O)c2ccccc2OC)cc1. The molecule has 0 atom stereocenters. The van der Waals surface area contributed by atoms with E-state index in [1.807, 2.05) is 0 Å². The number of amides is 2. The summed E-state index contributed by atoms with van der Waals surface area (Å²) in [5.41, 5.74) is 5.44. The van der Waals surface area contributed by atoms with Crippen LogP contribution < -0.4 is 20.3 Å². The molecule has 0 heterocycles. The molecule has 0 unspecified atom stereocenters. The van der Waals surface area contributed by atoms with Crippen molar-refractivity contribution in [2.24, 2.45) is 0 Å². The van der Waals surface area contributed by atoms with Gasteiger partial charge in [0.2, 0.25) is 0 Å². The molecule has 2 aromatic rings. The number of ether oxygens (including phenoxy) is 2. The number of benzene rings is 2. The quantitative estimate of drug-likeness (QED) is 0.844. The van der Waals surface area contributed by atoms with Crippen LogP contribution in [0.5, 0.6) is 11.5 Å². The Hall–Kier alpha value is -3.02. The van der Waals surface area contributed by atoms with Gasteiger partial charge in [0.05, 0.1) is 19.8 Å². The Morgan fingerprint density at radius 3 is 2.09 bits per heavy atom. The molecule has 0 aliphatic heterocycles. The van der Waals surface area contributed by atoms with Crippen molar-refractivity contribution in [3.63, 3.8) is 0 Å². The molecule has 2 rings (SSSR count). The molecule has 6 heteroatoms. The van der Waals surface area contributed by atoms with Crippen LogP contribution in [0.2, 0.25) is 0 Å². The second-order valence-electron chi connectivity index (χ2n) is 4.34. The first kappa shape index (κ1) is 15.4. The molecular weight excluding hydrogens is 284 g/mol. The minimum Gasteiger partial charge on any atom is -0.497 e. The zero-order valence-electron chi connectivity index (χ0n) is 12.3. The third kappa shape index (κ3) is 3.54. The normalized spacial score (nSPS) is 9.73. The Bertz CT molecular complexity index is 668. The lowest BCUT2D eigenvalue weighted by Gasteiger charge is -2.10. The van der Waals surface area contributed by atoms with E-state index in [9.17, 15) is 9.59 Å². The van der Waals surface area contributed by atoms with Gasteiger partial charge >= 0.3 is 0 Å². The standard InChI is InChI=1S/C16H16N2O4/c1-21-12-9-7-11(8-10-12)15(19)17-18-16(20)13-5-3-4-6-14(13)22-2/h3-10H,1-2H3,(H,17,19)(H,18,20). The molecule has 0 aliphatic carbocycles. The van der Waals surface area contributed by atoms with Crippen LogP contribution in [0.25, 0.3) is 0 Å². The highest BCUT2D eigenvalue weighted by Crippen LogP contribution is 2.16. The van der Waals surface area contributed by atoms with E-state index >= 15 is 0 Å². The van der Waals surface area contributed by atoms with Gasteiger partial charge in [-0.3, -0.25) is 20.4 Å². The summed E-state index contributed by atoms with van der Waals surface area (Å²) in [6.07, 6.45) is 0. The number of carbonyl (C=O) groups is 2. The van der Waals surface area contributed by atoms with Crippen molar-refractivity contribution < 1.29 is 19.1 Å². The van der Waals surface area contributed by atoms with Crippen molar-refractivity contribution in [2.75, 3.05) is 14.2 Å². The molecule has 22 heavy (non-hydrogen) atoms. The molecule has 2 amide bonds. The maximum atomic E-state index is 12.0. The number of hydrazine groups is 1. The van der Waals surface area contributed by atoms with E-state index in [0.717, 1.165) is 0 Å². The van der Waals surface area contributed by atoms with E-state index in [4.69, 9.17) is 9.47 Å². The van der Waals surface area contributed by atoms with Crippen molar-refractivity contribution in [3.8, 4) is 11.5 Å². The van der Waals surface area contributed by atoms with E-state index in [1.54, 1.807) is 55.6 Å². The number of nitrogens with one attached hydrogen (secondary N) is 2. The summed E-state index contributed by atoms with van der Waals surface area (Å²) in [7, 11) is 3.02. The molecule has 0 aliphatic rings. The summed E-state index contributed by atoms with van der Waals surface area (Å²) in [5, 5.41) is 0. The van der Waals surface area contributed by atoms with Crippen molar-refractivity contribution >= 4 is 11.8 Å². The van der Waals surface area contributed by atoms with Crippen molar-refractivity contribution in [1.29, 1.82) is 0 Å². The average Bonchev–Trinajstić information content (AvgIpc) is 2.59. The first-order chi connectivity index (χ1) is 10.7. The van der Waals surface area contributed by atoms with E-state index in [0.29, 0.717) is 22.6 Å². The zero-order chi connectivity index (χ0) is 15.9. The molecule has 2 aromatic carbocycles. The van der Waals surface area contributed by atoms with Crippen molar-refractivity contribution in [1.82, 2.24) is 10.9 Å². The Morgan fingerprint density at radius 2 is 1.45 bits per heavy atom. The van der Waals surface area contributed by atoms with Gasteiger partial charge in [-0.15, -0.1) is 0 Å². The average molecular weight is 300 g/mol. The first-order valence-electron chi connectivity index (χ1n) is 6.53. The van der Waals surface area contributed by atoms with Gasteiger partial charge in [0.25, 0.3) is 11.8 Å². The molecule has 2 N–H and O–H groups in total. The lowest BCUT2D eigenvalue weighted by atomic mass is 10.2. The van der Waals surface area contributed by atoms with Crippen LogP contribution in [0.4, 0.5) is 0 Å². The van der Waals surface area contributed by atoms with Gasteiger partial charge in [0.15, 0.2) is 0 Å². The molecule has 114 valence electrons. The van der Waals surface area contributed by atoms with Gasteiger partial charge in [-0.25, -0.2) is 0 Å². The third-order valence-corrected chi connectivity index (χ3v) is 2.99. The molecule has 0 saturated carbocycles. The van der Waals surface area contributed by atoms with Crippen LogP contribution in [0.1, 0.15) is 20.7 Å². The summed E-state index contributed by atoms with van der Waals surface area (Å²) in [4.78, 5) is 24.0. The highest BCUT2D eigenvalue weighted by molar-refractivity contribution is 6.00. The highest BCUT2D eigenvalue weighted by atomic mass is 16.5. The second kappa shape index (κ2) is 7.12. The summed E-state index contributed by atoms with van der Waals surface area (Å²) < 4.78 is 10.1. The van der Waals surface area contributed by atoms with Crippen molar-refractivity contribution in [2.45, 2.75) is 0 Å². The Labute approximate surface area is 128 Å². The van der Waals surface area contributed by atoms with Crippen LogP contribution in [-0.2, 0) is 0 Å².